The molecule has 194 valence electrons. The molecule has 2 N–H and O–H groups in total. The minimum absolute atomic E-state index is 0.0946. The summed E-state index contributed by atoms with van der Waals surface area (Å²) in [6, 6.07) is 4.49. The van der Waals surface area contributed by atoms with E-state index < -0.39 is 23.8 Å². The summed E-state index contributed by atoms with van der Waals surface area (Å²) in [7, 11) is 0. The number of carbonyl (C=O) groups is 4. The molecule has 2 saturated heterocycles. The zero-order valence-corrected chi connectivity index (χ0v) is 21.0. The summed E-state index contributed by atoms with van der Waals surface area (Å²) in [6.45, 7) is 6.24. The topological polar surface area (TPSA) is 117 Å². The molecule has 1 saturated carbocycles. The first kappa shape index (κ1) is 23.8. The van der Waals surface area contributed by atoms with E-state index >= 15 is 0 Å². The van der Waals surface area contributed by atoms with Crippen LogP contribution in [0.15, 0.2) is 30.6 Å². The second kappa shape index (κ2) is 9.09. The molecule has 37 heavy (non-hydrogen) atoms. The SMILES string of the molecule is CC1(CN2CCC(n3cc(CNc4cccc5c4C(=O)N(C4CCC(=O)NC4=O)C5=O)cn3)CC2)CC1. The molecule has 3 fully saturated rings. The van der Waals surface area contributed by atoms with Crippen LogP contribution in [0.4, 0.5) is 5.69 Å². The summed E-state index contributed by atoms with van der Waals surface area (Å²) in [5.41, 5.74) is 2.60. The summed E-state index contributed by atoms with van der Waals surface area (Å²) < 4.78 is 2.06. The molecule has 2 aromatic rings. The van der Waals surface area contributed by atoms with Crippen molar-refractivity contribution < 1.29 is 19.2 Å². The Morgan fingerprint density at radius 3 is 2.59 bits per heavy atom. The van der Waals surface area contributed by atoms with Gasteiger partial charge < -0.3 is 10.2 Å². The Morgan fingerprint density at radius 2 is 1.86 bits per heavy atom. The van der Waals surface area contributed by atoms with E-state index in [1.54, 1.807) is 18.2 Å². The molecule has 1 unspecified atom stereocenters. The molecule has 1 aromatic heterocycles. The maximum Gasteiger partial charge on any atom is 0.264 e. The van der Waals surface area contributed by atoms with E-state index in [0.717, 1.165) is 36.4 Å². The van der Waals surface area contributed by atoms with E-state index in [4.69, 9.17) is 0 Å². The van der Waals surface area contributed by atoms with Crippen LogP contribution in [-0.4, -0.2) is 68.9 Å². The molecule has 10 heteroatoms. The van der Waals surface area contributed by atoms with Crippen molar-refractivity contribution in [3.63, 3.8) is 0 Å². The number of rotatable bonds is 7. The Labute approximate surface area is 215 Å². The van der Waals surface area contributed by atoms with Crippen molar-refractivity contribution >= 4 is 29.3 Å². The Hall–Kier alpha value is -3.53. The van der Waals surface area contributed by atoms with Gasteiger partial charge >= 0.3 is 0 Å². The van der Waals surface area contributed by atoms with Gasteiger partial charge in [-0.1, -0.05) is 13.0 Å². The molecule has 10 nitrogen and oxygen atoms in total. The average molecular weight is 505 g/mol. The van der Waals surface area contributed by atoms with Gasteiger partial charge in [0.25, 0.3) is 11.8 Å². The number of carbonyl (C=O) groups excluding carboxylic acids is 4. The van der Waals surface area contributed by atoms with Gasteiger partial charge in [-0.15, -0.1) is 0 Å². The first-order valence-corrected chi connectivity index (χ1v) is 13.2. The number of piperidine rings is 2. The van der Waals surface area contributed by atoms with Gasteiger partial charge in [0.05, 0.1) is 23.4 Å². The number of nitrogens with one attached hydrogen (secondary N) is 2. The second-order valence-corrected chi connectivity index (χ2v) is 11.2. The molecule has 1 atom stereocenters. The lowest BCUT2D eigenvalue weighted by Crippen LogP contribution is -2.54. The molecule has 4 heterocycles. The first-order valence-electron chi connectivity index (χ1n) is 13.2. The summed E-state index contributed by atoms with van der Waals surface area (Å²) in [5.74, 6) is -2.02. The fourth-order valence-corrected chi connectivity index (χ4v) is 5.78. The maximum atomic E-state index is 13.3. The molecular formula is C27H32N6O4. The number of nitrogens with zero attached hydrogens (tertiary/aromatic N) is 4. The number of hydrogen-bond acceptors (Lipinski definition) is 7. The van der Waals surface area contributed by atoms with Crippen LogP contribution in [0.25, 0.3) is 0 Å². The number of hydrogen-bond donors (Lipinski definition) is 2. The van der Waals surface area contributed by atoms with Crippen molar-refractivity contribution in [2.45, 2.75) is 64.1 Å². The summed E-state index contributed by atoms with van der Waals surface area (Å²) >= 11 is 0. The highest BCUT2D eigenvalue weighted by Crippen LogP contribution is 2.46. The lowest BCUT2D eigenvalue weighted by Gasteiger charge is -2.33. The van der Waals surface area contributed by atoms with E-state index in [1.807, 2.05) is 6.20 Å². The van der Waals surface area contributed by atoms with Gasteiger partial charge in [-0.3, -0.25) is 34.1 Å². The van der Waals surface area contributed by atoms with Gasteiger partial charge in [-0.2, -0.15) is 5.10 Å². The fourth-order valence-electron chi connectivity index (χ4n) is 5.78. The van der Waals surface area contributed by atoms with Gasteiger partial charge in [0.2, 0.25) is 11.8 Å². The third-order valence-electron chi connectivity index (χ3n) is 8.25. The first-order chi connectivity index (χ1) is 17.8. The number of imide groups is 2. The molecule has 0 bridgehead atoms. The highest BCUT2D eigenvalue weighted by molar-refractivity contribution is 6.25. The molecule has 0 spiro atoms. The van der Waals surface area contributed by atoms with Gasteiger partial charge in [-0.05, 0) is 49.7 Å². The Bertz CT molecular complexity index is 1270. The number of aromatic nitrogens is 2. The second-order valence-electron chi connectivity index (χ2n) is 11.2. The quantitative estimate of drug-likeness (QED) is 0.556. The van der Waals surface area contributed by atoms with Crippen LogP contribution in [0.3, 0.4) is 0 Å². The smallest absolute Gasteiger partial charge is 0.264 e. The monoisotopic (exact) mass is 504 g/mol. The van der Waals surface area contributed by atoms with Gasteiger partial charge in [-0.25, -0.2) is 0 Å². The molecule has 1 aliphatic carbocycles. The van der Waals surface area contributed by atoms with Gasteiger partial charge in [0.1, 0.15) is 6.04 Å². The van der Waals surface area contributed by atoms with Crippen LogP contribution in [0, 0.1) is 5.41 Å². The van der Waals surface area contributed by atoms with E-state index in [9.17, 15) is 19.2 Å². The third-order valence-corrected chi connectivity index (χ3v) is 8.25. The lowest BCUT2D eigenvalue weighted by molar-refractivity contribution is -0.136. The number of fused-ring (bicyclic) bond motifs is 1. The number of likely N-dealkylation sites (tertiary alicyclic amines) is 1. The van der Waals surface area contributed by atoms with Gasteiger partial charge in [0, 0.05) is 50.0 Å². The minimum atomic E-state index is -0.977. The van der Waals surface area contributed by atoms with E-state index in [-0.39, 0.29) is 29.9 Å². The normalized spacial score (nSPS) is 23.8. The lowest BCUT2D eigenvalue weighted by atomic mass is 10.0. The van der Waals surface area contributed by atoms with Crippen molar-refractivity contribution in [2.75, 3.05) is 25.0 Å². The van der Waals surface area contributed by atoms with Gasteiger partial charge in [0.15, 0.2) is 0 Å². The van der Waals surface area contributed by atoms with Crippen molar-refractivity contribution in [2.24, 2.45) is 5.41 Å². The minimum Gasteiger partial charge on any atom is -0.380 e. The van der Waals surface area contributed by atoms with Crippen LogP contribution in [0.5, 0.6) is 0 Å². The zero-order chi connectivity index (χ0) is 25.7. The third kappa shape index (κ3) is 4.54. The Morgan fingerprint density at radius 1 is 1.08 bits per heavy atom. The molecular weight excluding hydrogens is 472 g/mol. The fraction of sp³-hybridized carbons (Fsp3) is 0.519. The van der Waals surface area contributed by atoms with Crippen LogP contribution in [0.2, 0.25) is 0 Å². The molecule has 0 radical (unpaired) electrons. The summed E-state index contributed by atoms with van der Waals surface area (Å²) in [4.78, 5) is 53.7. The van der Waals surface area contributed by atoms with Crippen molar-refractivity contribution in [1.29, 1.82) is 0 Å². The molecule has 4 aliphatic rings. The molecule has 3 aliphatic heterocycles. The summed E-state index contributed by atoms with van der Waals surface area (Å²) in [6.07, 6.45) is 9.00. The van der Waals surface area contributed by atoms with Crippen molar-refractivity contribution in [3.8, 4) is 0 Å². The predicted molar refractivity (Wildman–Crippen MR) is 135 cm³/mol. The van der Waals surface area contributed by atoms with E-state index in [0.29, 0.717) is 23.7 Å². The van der Waals surface area contributed by atoms with E-state index in [1.165, 1.54) is 19.4 Å². The van der Waals surface area contributed by atoms with Crippen LogP contribution in [-0.2, 0) is 16.1 Å². The maximum absolute atomic E-state index is 13.3. The molecule has 4 amide bonds. The standard InChI is InChI=1S/C27H32N6O4/c1-27(9-10-27)16-31-11-7-18(8-12-31)32-15-17(14-29-32)13-28-20-4-2-3-19-23(20)26(37)33(25(19)36)21-5-6-22(34)30-24(21)35/h2-4,14-15,18,21,28H,5-13,16H2,1H3,(H,30,34,35). The van der Waals surface area contributed by atoms with Crippen molar-refractivity contribution in [3.05, 3.63) is 47.3 Å². The van der Waals surface area contributed by atoms with Crippen LogP contribution < -0.4 is 10.6 Å². The average Bonchev–Trinajstić information content (AvgIpc) is 3.31. The number of anilines is 1. The van der Waals surface area contributed by atoms with Crippen molar-refractivity contribution in [1.82, 2.24) is 24.9 Å². The Balaban J connectivity index is 1.10. The zero-order valence-electron chi connectivity index (χ0n) is 21.0. The largest absolute Gasteiger partial charge is 0.380 e. The predicted octanol–water partition coefficient (Wildman–Crippen LogP) is 2.33. The number of benzene rings is 1. The van der Waals surface area contributed by atoms with Crippen LogP contribution >= 0.6 is 0 Å². The van der Waals surface area contributed by atoms with E-state index in [2.05, 4.69) is 38.4 Å². The summed E-state index contributed by atoms with van der Waals surface area (Å²) in [5, 5.41) is 10.1. The van der Waals surface area contributed by atoms with Crippen LogP contribution in [0.1, 0.15) is 77.8 Å². The Kier molecular flexibility index (Phi) is 5.86. The molecule has 6 rings (SSSR count). The highest BCUT2D eigenvalue weighted by Gasteiger charge is 2.45. The highest BCUT2D eigenvalue weighted by atomic mass is 16.2. The molecule has 1 aromatic carbocycles. The number of amides is 4.